The summed E-state index contributed by atoms with van der Waals surface area (Å²) in [7, 11) is 0. The molecule has 9 heteroatoms. The fourth-order valence-electron chi connectivity index (χ4n) is 5.31. The third-order valence-corrected chi connectivity index (χ3v) is 7.71. The summed E-state index contributed by atoms with van der Waals surface area (Å²) in [5, 5.41) is 26.5. The number of rotatable bonds is 11. The van der Waals surface area contributed by atoms with Crippen LogP contribution < -0.4 is 10.6 Å². The van der Waals surface area contributed by atoms with E-state index in [9.17, 15) is 29.6 Å². The van der Waals surface area contributed by atoms with Gasteiger partial charge in [0.15, 0.2) is 0 Å². The summed E-state index contributed by atoms with van der Waals surface area (Å²) in [4.78, 5) is 48.8. The van der Waals surface area contributed by atoms with Gasteiger partial charge in [0.1, 0.15) is 6.04 Å². The molecule has 1 aliphatic carbocycles. The summed E-state index contributed by atoms with van der Waals surface area (Å²) in [6, 6.07) is 19.7. The Hall–Kier alpha value is -4.53. The molecule has 40 heavy (non-hydrogen) atoms. The standard InChI is InChI=1S/C31H33N3O6/c1-21-9-14-25(34(39)40)20-26(21)28(35)32-24-12-10-23(11-13-24)19-27(29(36)37)33-30(38)31(16-5-6-17-31)18-15-22-7-3-2-4-8-22/h2-4,7-14,20,27H,5-6,15-19H2,1H3,(H,32,35)(H,33,38)(H,36,37). The van der Waals surface area contributed by atoms with Gasteiger partial charge in [-0.25, -0.2) is 4.79 Å². The number of carbonyl (C=O) groups excluding carboxylic acids is 2. The summed E-state index contributed by atoms with van der Waals surface area (Å²) in [6.07, 6.45) is 4.91. The molecule has 208 valence electrons. The van der Waals surface area contributed by atoms with E-state index in [-0.39, 0.29) is 23.6 Å². The predicted octanol–water partition coefficient (Wildman–Crippen LogP) is 5.46. The molecule has 3 N–H and O–H groups in total. The van der Waals surface area contributed by atoms with Gasteiger partial charge in [0.25, 0.3) is 11.6 Å². The number of aryl methyl sites for hydroxylation is 2. The topological polar surface area (TPSA) is 139 Å². The number of nitrogens with zero attached hydrogens (tertiary/aromatic N) is 1. The molecule has 0 aromatic heterocycles. The molecule has 0 saturated heterocycles. The predicted molar refractivity (Wildman–Crippen MR) is 151 cm³/mol. The van der Waals surface area contributed by atoms with Gasteiger partial charge in [0.2, 0.25) is 5.91 Å². The van der Waals surface area contributed by atoms with E-state index in [1.165, 1.54) is 18.2 Å². The van der Waals surface area contributed by atoms with E-state index in [2.05, 4.69) is 10.6 Å². The highest BCUT2D eigenvalue weighted by Crippen LogP contribution is 2.42. The quantitative estimate of drug-likeness (QED) is 0.217. The van der Waals surface area contributed by atoms with Gasteiger partial charge in [-0.05, 0) is 61.4 Å². The van der Waals surface area contributed by atoms with Crippen molar-refractivity contribution in [2.24, 2.45) is 5.41 Å². The van der Waals surface area contributed by atoms with Crippen molar-refractivity contribution in [1.82, 2.24) is 5.32 Å². The van der Waals surface area contributed by atoms with E-state index in [1.54, 1.807) is 31.2 Å². The van der Waals surface area contributed by atoms with E-state index < -0.39 is 28.3 Å². The number of hydrogen-bond acceptors (Lipinski definition) is 5. The van der Waals surface area contributed by atoms with Gasteiger partial charge in [0.05, 0.1) is 4.92 Å². The first-order valence-electron chi connectivity index (χ1n) is 13.4. The van der Waals surface area contributed by atoms with Crippen LogP contribution in [0.2, 0.25) is 0 Å². The largest absolute Gasteiger partial charge is 0.480 e. The van der Waals surface area contributed by atoms with Gasteiger partial charge in [0, 0.05) is 35.2 Å². The molecule has 3 aromatic carbocycles. The van der Waals surface area contributed by atoms with Crippen LogP contribution in [0.5, 0.6) is 0 Å². The van der Waals surface area contributed by atoms with Crippen molar-refractivity contribution in [3.8, 4) is 0 Å². The molecule has 9 nitrogen and oxygen atoms in total. The second-order valence-corrected chi connectivity index (χ2v) is 10.4. The number of benzene rings is 3. The molecule has 0 heterocycles. The number of aliphatic carboxylic acids is 1. The Balaban J connectivity index is 1.40. The Morgan fingerprint density at radius 3 is 2.27 bits per heavy atom. The number of hydrogen-bond donors (Lipinski definition) is 3. The highest BCUT2D eigenvalue weighted by atomic mass is 16.6. The number of carboxylic acid groups (broad SMARTS) is 1. The molecule has 0 radical (unpaired) electrons. The third kappa shape index (κ3) is 6.91. The summed E-state index contributed by atoms with van der Waals surface area (Å²) in [5.41, 5.74) is 2.35. The molecule has 1 atom stereocenters. The van der Waals surface area contributed by atoms with Crippen molar-refractivity contribution in [2.75, 3.05) is 5.32 Å². The van der Waals surface area contributed by atoms with Crippen molar-refractivity contribution >= 4 is 29.2 Å². The Morgan fingerprint density at radius 2 is 1.65 bits per heavy atom. The van der Waals surface area contributed by atoms with Crippen LogP contribution in [0.25, 0.3) is 0 Å². The van der Waals surface area contributed by atoms with E-state index in [0.29, 0.717) is 23.2 Å². The first-order chi connectivity index (χ1) is 19.2. The van der Waals surface area contributed by atoms with Gasteiger partial charge in [-0.15, -0.1) is 0 Å². The zero-order valence-corrected chi connectivity index (χ0v) is 22.4. The lowest BCUT2D eigenvalue weighted by Crippen LogP contribution is -2.48. The number of amides is 2. The third-order valence-electron chi connectivity index (χ3n) is 7.71. The lowest BCUT2D eigenvalue weighted by atomic mass is 9.79. The molecule has 1 aliphatic rings. The number of nitro groups is 1. The normalized spacial score (nSPS) is 14.7. The summed E-state index contributed by atoms with van der Waals surface area (Å²) in [6.45, 7) is 1.69. The summed E-state index contributed by atoms with van der Waals surface area (Å²) >= 11 is 0. The number of nitrogens with one attached hydrogen (secondary N) is 2. The number of carbonyl (C=O) groups is 3. The molecular weight excluding hydrogens is 510 g/mol. The van der Waals surface area contributed by atoms with E-state index >= 15 is 0 Å². The van der Waals surface area contributed by atoms with E-state index in [0.717, 1.165) is 37.7 Å². The lowest BCUT2D eigenvalue weighted by Gasteiger charge is -2.29. The highest BCUT2D eigenvalue weighted by molar-refractivity contribution is 6.05. The Labute approximate surface area is 232 Å². The number of anilines is 1. The molecule has 1 unspecified atom stereocenters. The second kappa shape index (κ2) is 12.5. The van der Waals surface area contributed by atoms with Gasteiger partial charge in [-0.1, -0.05) is 61.4 Å². The van der Waals surface area contributed by atoms with E-state index in [4.69, 9.17) is 0 Å². The van der Waals surface area contributed by atoms with Gasteiger partial charge < -0.3 is 15.7 Å². The summed E-state index contributed by atoms with van der Waals surface area (Å²) < 4.78 is 0. The van der Waals surface area contributed by atoms with Crippen LogP contribution >= 0.6 is 0 Å². The van der Waals surface area contributed by atoms with Crippen molar-refractivity contribution < 1.29 is 24.4 Å². The van der Waals surface area contributed by atoms with E-state index in [1.807, 2.05) is 30.3 Å². The van der Waals surface area contributed by atoms with Crippen LogP contribution in [-0.4, -0.2) is 33.9 Å². The minimum Gasteiger partial charge on any atom is -0.480 e. The van der Waals surface area contributed by atoms with Crippen LogP contribution in [0.15, 0.2) is 72.8 Å². The maximum Gasteiger partial charge on any atom is 0.326 e. The number of carboxylic acids is 1. The fourth-order valence-corrected chi connectivity index (χ4v) is 5.31. The minimum atomic E-state index is -1.11. The average Bonchev–Trinajstić information content (AvgIpc) is 3.43. The van der Waals surface area contributed by atoms with Crippen molar-refractivity contribution in [1.29, 1.82) is 0 Å². The van der Waals surface area contributed by atoms with Crippen LogP contribution in [-0.2, 0) is 22.4 Å². The SMILES string of the molecule is Cc1ccc([N+](=O)[O-])cc1C(=O)Nc1ccc(CC(NC(=O)C2(CCc3ccccc3)CCCC2)C(=O)O)cc1. The van der Waals surface area contributed by atoms with Gasteiger partial charge >= 0.3 is 5.97 Å². The molecule has 0 spiro atoms. The molecular formula is C31H33N3O6. The highest BCUT2D eigenvalue weighted by Gasteiger charge is 2.42. The second-order valence-electron chi connectivity index (χ2n) is 10.4. The van der Waals surface area contributed by atoms with Crippen LogP contribution in [0, 0.1) is 22.5 Å². The maximum atomic E-state index is 13.4. The molecule has 2 amide bonds. The Kier molecular flexibility index (Phi) is 8.93. The van der Waals surface area contributed by atoms with Crippen molar-refractivity contribution in [3.63, 3.8) is 0 Å². The fraction of sp³-hybridized carbons (Fsp3) is 0.323. The zero-order chi connectivity index (χ0) is 28.7. The average molecular weight is 544 g/mol. The van der Waals surface area contributed by atoms with Crippen molar-refractivity contribution in [2.45, 2.75) is 57.9 Å². The molecule has 4 rings (SSSR count). The molecule has 3 aromatic rings. The van der Waals surface area contributed by atoms with Crippen molar-refractivity contribution in [3.05, 3.63) is 105 Å². The molecule has 0 bridgehead atoms. The Bertz CT molecular complexity index is 1380. The van der Waals surface area contributed by atoms with Gasteiger partial charge in [-0.3, -0.25) is 19.7 Å². The monoisotopic (exact) mass is 543 g/mol. The molecule has 1 fully saturated rings. The molecule has 1 saturated carbocycles. The first-order valence-corrected chi connectivity index (χ1v) is 13.4. The number of nitro benzene ring substituents is 1. The van der Waals surface area contributed by atoms with Crippen LogP contribution in [0.1, 0.15) is 59.2 Å². The number of non-ortho nitro benzene ring substituents is 1. The summed E-state index contributed by atoms with van der Waals surface area (Å²) in [5.74, 6) is -1.80. The Morgan fingerprint density at radius 1 is 0.975 bits per heavy atom. The molecule has 0 aliphatic heterocycles. The lowest BCUT2D eigenvalue weighted by molar-refractivity contribution is -0.384. The van der Waals surface area contributed by atoms with Crippen LogP contribution in [0.4, 0.5) is 11.4 Å². The first kappa shape index (κ1) is 28.5. The smallest absolute Gasteiger partial charge is 0.326 e. The zero-order valence-electron chi connectivity index (χ0n) is 22.4. The maximum absolute atomic E-state index is 13.4. The van der Waals surface area contributed by atoms with Crippen LogP contribution in [0.3, 0.4) is 0 Å². The minimum absolute atomic E-state index is 0.0913. The van der Waals surface area contributed by atoms with Gasteiger partial charge in [-0.2, -0.15) is 0 Å².